The van der Waals surface area contributed by atoms with Crippen LogP contribution in [0.2, 0.25) is 0 Å². The Morgan fingerprint density at radius 3 is 2.92 bits per heavy atom. The first-order valence-corrected chi connectivity index (χ1v) is 7.74. The number of imidazole rings is 1. The molecule has 0 aliphatic carbocycles. The Kier molecular flexibility index (Phi) is 5.19. The first-order chi connectivity index (χ1) is 11.8. The standard InChI is InChI=1S/C18H18N4O2/c23-17(7-4-11-22-12-10-19-14-22)21-15-5-3-6-16(13-15)24-18-8-1-2-9-20-18/h1-3,5-6,8-10,12-14H,4,7,11H2,(H,21,23). The molecule has 0 saturated carbocycles. The molecule has 24 heavy (non-hydrogen) atoms. The van der Waals surface area contributed by atoms with Crippen LogP contribution in [-0.2, 0) is 11.3 Å². The molecule has 0 aliphatic heterocycles. The highest BCUT2D eigenvalue weighted by Crippen LogP contribution is 2.22. The number of anilines is 1. The van der Waals surface area contributed by atoms with E-state index in [4.69, 9.17) is 4.74 Å². The van der Waals surface area contributed by atoms with Crippen molar-refractivity contribution in [1.29, 1.82) is 0 Å². The average Bonchev–Trinajstić information content (AvgIpc) is 3.09. The summed E-state index contributed by atoms with van der Waals surface area (Å²) in [4.78, 5) is 20.1. The van der Waals surface area contributed by atoms with Crippen LogP contribution in [0.3, 0.4) is 0 Å². The molecule has 0 radical (unpaired) electrons. The number of carbonyl (C=O) groups excluding carboxylic acids is 1. The van der Waals surface area contributed by atoms with E-state index in [0.29, 0.717) is 23.7 Å². The molecule has 0 atom stereocenters. The molecule has 2 heterocycles. The molecule has 3 rings (SSSR count). The van der Waals surface area contributed by atoms with E-state index in [1.165, 1.54) is 0 Å². The van der Waals surface area contributed by atoms with E-state index in [-0.39, 0.29) is 5.91 Å². The van der Waals surface area contributed by atoms with E-state index in [9.17, 15) is 4.79 Å². The summed E-state index contributed by atoms with van der Waals surface area (Å²) in [5.41, 5.74) is 0.705. The molecule has 1 aromatic carbocycles. The molecule has 0 unspecified atom stereocenters. The van der Waals surface area contributed by atoms with Gasteiger partial charge in [0.2, 0.25) is 11.8 Å². The van der Waals surface area contributed by atoms with Gasteiger partial charge in [-0.3, -0.25) is 4.79 Å². The van der Waals surface area contributed by atoms with Gasteiger partial charge < -0.3 is 14.6 Å². The summed E-state index contributed by atoms with van der Waals surface area (Å²) >= 11 is 0. The minimum absolute atomic E-state index is 0.0231. The number of rotatable bonds is 7. The third kappa shape index (κ3) is 4.67. The van der Waals surface area contributed by atoms with E-state index in [0.717, 1.165) is 13.0 Å². The van der Waals surface area contributed by atoms with E-state index in [1.54, 1.807) is 30.9 Å². The maximum atomic E-state index is 12.0. The Hall–Kier alpha value is -3.15. The number of nitrogens with zero attached hydrogens (tertiary/aromatic N) is 3. The third-order valence-electron chi connectivity index (χ3n) is 3.36. The molecule has 1 N–H and O–H groups in total. The maximum absolute atomic E-state index is 12.0. The van der Waals surface area contributed by atoms with E-state index < -0.39 is 0 Å². The minimum atomic E-state index is -0.0231. The van der Waals surface area contributed by atoms with Gasteiger partial charge in [0, 0.05) is 49.4 Å². The summed E-state index contributed by atoms with van der Waals surface area (Å²) in [6.07, 6.45) is 8.23. The van der Waals surface area contributed by atoms with Gasteiger partial charge in [-0.25, -0.2) is 9.97 Å². The summed E-state index contributed by atoms with van der Waals surface area (Å²) in [6.45, 7) is 0.774. The second kappa shape index (κ2) is 7.92. The normalized spacial score (nSPS) is 10.3. The van der Waals surface area contributed by atoms with Crippen molar-refractivity contribution in [2.24, 2.45) is 0 Å². The zero-order valence-electron chi connectivity index (χ0n) is 13.1. The van der Waals surface area contributed by atoms with E-state index in [1.807, 2.05) is 41.1 Å². The van der Waals surface area contributed by atoms with Gasteiger partial charge in [0.1, 0.15) is 5.75 Å². The zero-order valence-corrected chi connectivity index (χ0v) is 13.1. The van der Waals surface area contributed by atoms with Crippen LogP contribution >= 0.6 is 0 Å². The first-order valence-electron chi connectivity index (χ1n) is 7.74. The average molecular weight is 322 g/mol. The van der Waals surface area contributed by atoms with Crippen LogP contribution in [0.15, 0.2) is 67.4 Å². The van der Waals surface area contributed by atoms with Crippen molar-refractivity contribution in [2.75, 3.05) is 5.32 Å². The number of aryl methyl sites for hydroxylation is 1. The summed E-state index contributed by atoms with van der Waals surface area (Å²) in [5, 5.41) is 2.88. The van der Waals surface area contributed by atoms with Gasteiger partial charge in [0.25, 0.3) is 0 Å². The zero-order chi connectivity index (χ0) is 16.6. The maximum Gasteiger partial charge on any atom is 0.224 e. The fraction of sp³-hybridized carbons (Fsp3) is 0.167. The van der Waals surface area contributed by atoms with Crippen LogP contribution in [0.1, 0.15) is 12.8 Å². The molecule has 2 aromatic heterocycles. The lowest BCUT2D eigenvalue weighted by atomic mass is 10.2. The summed E-state index contributed by atoms with van der Waals surface area (Å²) in [5.74, 6) is 1.12. The van der Waals surface area contributed by atoms with E-state index in [2.05, 4.69) is 15.3 Å². The van der Waals surface area contributed by atoms with Crippen molar-refractivity contribution >= 4 is 11.6 Å². The van der Waals surface area contributed by atoms with Crippen LogP contribution in [0.5, 0.6) is 11.6 Å². The second-order valence-corrected chi connectivity index (χ2v) is 5.25. The van der Waals surface area contributed by atoms with Gasteiger partial charge in [-0.2, -0.15) is 0 Å². The number of ether oxygens (including phenoxy) is 1. The number of hydrogen-bond acceptors (Lipinski definition) is 4. The smallest absolute Gasteiger partial charge is 0.224 e. The number of carbonyl (C=O) groups is 1. The largest absolute Gasteiger partial charge is 0.439 e. The van der Waals surface area contributed by atoms with Crippen molar-refractivity contribution in [3.05, 3.63) is 67.4 Å². The number of aromatic nitrogens is 3. The number of pyridine rings is 1. The summed E-state index contributed by atoms with van der Waals surface area (Å²) in [7, 11) is 0. The van der Waals surface area contributed by atoms with Crippen LogP contribution in [0, 0.1) is 0 Å². The molecule has 0 aliphatic rings. The molecule has 0 fully saturated rings. The molecule has 6 nitrogen and oxygen atoms in total. The molecule has 0 spiro atoms. The Bertz CT molecular complexity index is 773. The highest BCUT2D eigenvalue weighted by atomic mass is 16.5. The van der Waals surface area contributed by atoms with Gasteiger partial charge in [0.15, 0.2) is 0 Å². The lowest BCUT2D eigenvalue weighted by molar-refractivity contribution is -0.116. The van der Waals surface area contributed by atoms with Crippen molar-refractivity contribution in [1.82, 2.24) is 14.5 Å². The quantitative estimate of drug-likeness (QED) is 0.723. The van der Waals surface area contributed by atoms with Gasteiger partial charge in [-0.15, -0.1) is 0 Å². The molecule has 122 valence electrons. The number of hydrogen-bond donors (Lipinski definition) is 1. The minimum Gasteiger partial charge on any atom is -0.439 e. The molecular weight excluding hydrogens is 304 g/mol. The van der Waals surface area contributed by atoms with Crippen LogP contribution in [0.4, 0.5) is 5.69 Å². The fourth-order valence-corrected chi connectivity index (χ4v) is 2.23. The van der Waals surface area contributed by atoms with Crippen LogP contribution < -0.4 is 10.1 Å². The molecule has 6 heteroatoms. The predicted octanol–water partition coefficient (Wildman–Crippen LogP) is 3.49. The van der Waals surface area contributed by atoms with Gasteiger partial charge >= 0.3 is 0 Å². The van der Waals surface area contributed by atoms with Crippen molar-refractivity contribution in [3.63, 3.8) is 0 Å². The molecule has 3 aromatic rings. The van der Waals surface area contributed by atoms with Crippen molar-refractivity contribution in [2.45, 2.75) is 19.4 Å². The molecule has 0 bridgehead atoms. The second-order valence-electron chi connectivity index (χ2n) is 5.25. The monoisotopic (exact) mass is 322 g/mol. The van der Waals surface area contributed by atoms with E-state index >= 15 is 0 Å². The van der Waals surface area contributed by atoms with Crippen molar-refractivity contribution < 1.29 is 9.53 Å². The lowest BCUT2D eigenvalue weighted by Crippen LogP contribution is -2.12. The summed E-state index contributed by atoms with van der Waals surface area (Å²) < 4.78 is 7.61. The van der Waals surface area contributed by atoms with Gasteiger partial charge in [-0.1, -0.05) is 12.1 Å². The highest BCUT2D eigenvalue weighted by Gasteiger charge is 2.04. The topological polar surface area (TPSA) is 69.0 Å². The fourth-order valence-electron chi connectivity index (χ4n) is 2.23. The Morgan fingerprint density at radius 1 is 1.17 bits per heavy atom. The van der Waals surface area contributed by atoms with Gasteiger partial charge in [-0.05, 0) is 24.6 Å². The Morgan fingerprint density at radius 2 is 2.12 bits per heavy atom. The Balaban J connectivity index is 1.51. The molecule has 1 amide bonds. The number of benzene rings is 1. The Labute approximate surface area is 140 Å². The van der Waals surface area contributed by atoms with Gasteiger partial charge in [0.05, 0.1) is 6.33 Å². The first kappa shape index (κ1) is 15.7. The SMILES string of the molecule is O=C(CCCn1ccnc1)Nc1cccc(Oc2ccccn2)c1. The summed E-state index contributed by atoms with van der Waals surface area (Å²) in [6, 6.07) is 12.7. The third-order valence-corrected chi connectivity index (χ3v) is 3.36. The number of nitrogens with one attached hydrogen (secondary N) is 1. The number of amides is 1. The predicted molar refractivity (Wildman–Crippen MR) is 90.8 cm³/mol. The van der Waals surface area contributed by atoms with Crippen molar-refractivity contribution in [3.8, 4) is 11.6 Å². The molecule has 0 saturated heterocycles. The van der Waals surface area contributed by atoms with Crippen LogP contribution in [-0.4, -0.2) is 20.4 Å². The lowest BCUT2D eigenvalue weighted by Gasteiger charge is -2.08. The highest BCUT2D eigenvalue weighted by molar-refractivity contribution is 5.90. The van der Waals surface area contributed by atoms with Crippen LogP contribution in [0.25, 0.3) is 0 Å². The molecular formula is C18H18N4O2.